The minimum atomic E-state index is -4.44. The number of hydrogen-bond acceptors (Lipinski definition) is 4. The van der Waals surface area contributed by atoms with Gasteiger partial charge in [-0.1, -0.05) is 55.1 Å². The van der Waals surface area contributed by atoms with Crippen molar-refractivity contribution in [3.8, 4) is 5.75 Å². The summed E-state index contributed by atoms with van der Waals surface area (Å²) in [6.45, 7) is 4.23. The number of benzene rings is 2. The average molecular weight is 570 g/mol. The van der Waals surface area contributed by atoms with Crippen molar-refractivity contribution in [2.45, 2.75) is 56.4 Å². The van der Waals surface area contributed by atoms with E-state index in [1.807, 2.05) is 12.1 Å². The summed E-state index contributed by atoms with van der Waals surface area (Å²) >= 11 is 6.54. The molecule has 0 amide bonds. The molecular weight excluding hydrogens is 536 g/mol. The van der Waals surface area contributed by atoms with Gasteiger partial charge in [0.25, 0.3) is 0 Å². The van der Waals surface area contributed by atoms with E-state index in [4.69, 9.17) is 16.3 Å². The van der Waals surface area contributed by atoms with Gasteiger partial charge in [0.2, 0.25) is 0 Å². The molecule has 1 aliphatic carbocycles. The average Bonchev–Trinajstić information content (AvgIpc) is 2.82. The van der Waals surface area contributed by atoms with Gasteiger partial charge in [0, 0.05) is 44.2 Å². The van der Waals surface area contributed by atoms with Crippen molar-refractivity contribution in [2.75, 3.05) is 32.7 Å². The Labute approximate surface area is 228 Å². The Bertz CT molecular complexity index is 966. The molecule has 0 spiro atoms. The van der Waals surface area contributed by atoms with E-state index in [9.17, 15) is 18.3 Å². The first kappa shape index (κ1) is 31.0. The second-order valence-corrected chi connectivity index (χ2v) is 9.81. The standard InChI is InChI=1S/C26H32ClF3N2O2.2ClH/c27-23-16-19(8-9-24(23)34-18-20-6-2-3-7-21(20)26(28,29)30)22(17-32-14-12-31-13-15-32)25(33)10-4-1-5-11-25;;/h2-3,6-9,16,22,31,33H,1,4-5,10-15,17-18H2;2*1H. The van der Waals surface area contributed by atoms with Gasteiger partial charge in [0.1, 0.15) is 12.4 Å². The maximum Gasteiger partial charge on any atom is 0.416 e. The van der Waals surface area contributed by atoms with Gasteiger partial charge in [0.05, 0.1) is 16.2 Å². The summed E-state index contributed by atoms with van der Waals surface area (Å²) in [6.07, 6.45) is 0.210. The minimum absolute atomic E-state index is 0. The van der Waals surface area contributed by atoms with Gasteiger partial charge in [0.15, 0.2) is 0 Å². The van der Waals surface area contributed by atoms with Crippen molar-refractivity contribution in [2.24, 2.45) is 0 Å². The molecule has 2 fully saturated rings. The van der Waals surface area contributed by atoms with Crippen LogP contribution in [0.1, 0.15) is 54.7 Å². The number of rotatable bonds is 7. The van der Waals surface area contributed by atoms with Crippen molar-refractivity contribution in [3.05, 3.63) is 64.2 Å². The Balaban J connectivity index is 0.00000228. The first-order valence-electron chi connectivity index (χ1n) is 12.0. The molecule has 1 unspecified atom stereocenters. The van der Waals surface area contributed by atoms with Crippen LogP contribution in [0.15, 0.2) is 42.5 Å². The fourth-order valence-electron chi connectivity index (χ4n) is 5.18. The molecule has 2 aliphatic rings. The number of nitrogens with zero attached hydrogens (tertiary/aromatic N) is 1. The molecule has 0 aromatic heterocycles. The molecule has 2 aromatic rings. The third-order valence-electron chi connectivity index (χ3n) is 7.08. The molecule has 4 nitrogen and oxygen atoms in total. The smallest absolute Gasteiger partial charge is 0.416 e. The van der Waals surface area contributed by atoms with Crippen LogP contribution in [0.25, 0.3) is 0 Å². The first-order chi connectivity index (χ1) is 16.3. The van der Waals surface area contributed by atoms with Gasteiger partial charge in [-0.15, -0.1) is 24.8 Å². The summed E-state index contributed by atoms with van der Waals surface area (Å²) in [5.74, 6) is 0.238. The number of ether oxygens (including phenoxy) is 1. The van der Waals surface area contributed by atoms with Crippen molar-refractivity contribution >= 4 is 36.4 Å². The second-order valence-electron chi connectivity index (χ2n) is 9.40. The number of aliphatic hydroxyl groups is 1. The number of nitrogens with one attached hydrogen (secondary N) is 1. The Kier molecular flexibility index (Phi) is 11.7. The van der Waals surface area contributed by atoms with E-state index >= 15 is 0 Å². The van der Waals surface area contributed by atoms with Crippen molar-refractivity contribution in [1.29, 1.82) is 0 Å². The second kappa shape index (κ2) is 13.5. The van der Waals surface area contributed by atoms with E-state index in [0.717, 1.165) is 76.5 Å². The van der Waals surface area contributed by atoms with Crippen LogP contribution in [0.4, 0.5) is 13.2 Å². The van der Waals surface area contributed by atoms with Crippen molar-refractivity contribution in [1.82, 2.24) is 10.2 Å². The molecule has 0 radical (unpaired) electrons. The van der Waals surface area contributed by atoms with Crippen LogP contribution < -0.4 is 10.1 Å². The van der Waals surface area contributed by atoms with Gasteiger partial charge in [-0.3, -0.25) is 0 Å². The summed E-state index contributed by atoms with van der Waals surface area (Å²) in [5, 5.41) is 15.3. The molecule has 2 N–H and O–H groups in total. The van der Waals surface area contributed by atoms with Crippen LogP contribution in [0.3, 0.4) is 0 Å². The largest absolute Gasteiger partial charge is 0.487 e. The number of piperazine rings is 1. The van der Waals surface area contributed by atoms with Crippen LogP contribution in [0, 0.1) is 0 Å². The van der Waals surface area contributed by atoms with Crippen LogP contribution in [-0.2, 0) is 12.8 Å². The molecule has 10 heteroatoms. The number of hydrogen-bond donors (Lipinski definition) is 2. The van der Waals surface area contributed by atoms with Gasteiger partial charge < -0.3 is 20.1 Å². The zero-order valence-corrected chi connectivity index (χ0v) is 22.4. The van der Waals surface area contributed by atoms with E-state index in [0.29, 0.717) is 10.8 Å². The van der Waals surface area contributed by atoms with Crippen molar-refractivity contribution < 1.29 is 23.0 Å². The predicted molar refractivity (Wildman–Crippen MR) is 142 cm³/mol. The molecule has 4 rings (SSSR count). The molecule has 0 bridgehead atoms. The van der Waals surface area contributed by atoms with E-state index in [2.05, 4.69) is 10.2 Å². The summed E-state index contributed by atoms with van der Waals surface area (Å²) in [6, 6.07) is 10.8. The summed E-state index contributed by atoms with van der Waals surface area (Å²) in [7, 11) is 0. The van der Waals surface area contributed by atoms with Gasteiger partial charge in [-0.2, -0.15) is 13.2 Å². The lowest BCUT2D eigenvalue weighted by molar-refractivity contribution is -0.138. The molecule has 1 saturated heterocycles. The number of alkyl halides is 3. The Morgan fingerprint density at radius 1 is 1.03 bits per heavy atom. The van der Waals surface area contributed by atoms with E-state index in [1.165, 1.54) is 12.1 Å². The third-order valence-corrected chi connectivity index (χ3v) is 7.38. The lowest BCUT2D eigenvalue weighted by Gasteiger charge is -2.42. The molecule has 2 aromatic carbocycles. The zero-order chi connectivity index (χ0) is 24.2. The maximum atomic E-state index is 13.3. The van der Waals surface area contributed by atoms with E-state index in [-0.39, 0.29) is 42.9 Å². The SMILES string of the molecule is Cl.Cl.OC1(C(CN2CCNCC2)c2ccc(OCc3ccccc3C(F)(F)F)c(Cl)c2)CCCCC1. The fourth-order valence-corrected chi connectivity index (χ4v) is 5.42. The normalized spacial score (nSPS) is 19.0. The lowest BCUT2D eigenvalue weighted by Crippen LogP contribution is -2.49. The molecule has 1 saturated carbocycles. The topological polar surface area (TPSA) is 44.7 Å². The van der Waals surface area contributed by atoms with E-state index < -0.39 is 17.3 Å². The van der Waals surface area contributed by atoms with Crippen LogP contribution in [0.5, 0.6) is 5.75 Å². The molecule has 36 heavy (non-hydrogen) atoms. The summed E-state index contributed by atoms with van der Waals surface area (Å²) in [5.41, 5.74) is -0.502. The fraction of sp³-hybridized carbons (Fsp3) is 0.538. The monoisotopic (exact) mass is 568 g/mol. The van der Waals surface area contributed by atoms with Gasteiger partial charge in [-0.25, -0.2) is 0 Å². The highest BCUT2D eigenvalue weighted by atomic mass is 35.5. The van der Waals surface area contributed by atoms with Crippen LogP contribution in [0.2, 0.25) is 5.02 Å². The molecule has 1 heterocycles. The Morgan fingerprint density at radius 3 is 2.33 bits per heavy atom. The molecule has 1 aliphatic heterocycles. The van der Waals surface area contributed by atoms with Gasteiger partial charge in [-0.05, 0) is 36.6 Å². The van der Waals surface area contributed by atoms with Gasteiger partial charge >= 0.3 is 6.18 Å². The highest BCUT2D eigenvalue weighted by Crippen LogP contribution is 2.42. The summed E-state index contributed by atoms with van der Waals surface area (Å²) in [4.78, 5) is 2.38. The molecule has 1 atom stereocenters. The maximum absolute atomic E-state index is 13.3. The summed E-state index contributed by atoms with van der Waals surface area (Å²) < 4.78 is 45.6. The Morgan fingerprint density at radius 2 is 1.69 bits per heavy atom. The van der Waals surface area contributed by atoms with Crippen molar-refractivity contribution in [3.63, 3.8) is 0 Å². The van der Waals surface area contributed by atoms with E-state index in [1.54, 1.807) is 12.1 Å². The minimum Gasteiger partial charge on any atom is -0.487 e. The zero-order valence-electron chi connectivity index (χ0n) is 20.0. The highest BCUT2D eigenvalue weighted by molar-refractivity contribution is 6.32. The number of halogens is 6. The Hall–Kier alpha value is -1.22. The third kappa shape index (κ3) is 7.65. The lowest BCUT2D eigenvalue weighted by atomic mass is 9.72. The molecular formula is C26H34Cl3F3N2O2. The molecule has 202 valence electrons. The van der Waals surface area contributed by atoms with Crippen LogP contribution in [-0.4, -0.2) is 48.3 Å². The first-order valence-corrected chi connectivity index (χ1v) is 12.4. The van der Waals surface area contributed by atoms with Crippen LogP contribution >= 0.6 is 36.4 Å². The quantitative estimate of drug-likeness (QED) is 0.401. The highest BCUT2D eigenvalue weighted by Gasteiger charge is 2.40. The predicted octanol–water partition coefficient (Wildman–Crippen LogP) is 6.47.